The molecule has 1 nitrogen and oxygen atoms in total. The highest BCUT2D eigenvalue weighted by Crippen LogP contribution is 2.34. The van der Waals surface area contributed by atoms with Crippen LogP contribution in [-0.2, 0) is 0 Å². The second kappa shape index (κ2) is 12.0. The molecule has 0 spiro atoms. The summed E-state index contributed by atoms with van der Waals surface area (Å²) in [7, 11) is 0. The van der Waals surface area contributed by atoms with Gasteiger partial charge in [-0.1, -0.05) is 95.0 Å². The monoisotopic (exact) mass is 396 g/mol. The Labute approximate surface area is 176 Å². The van der Waals surface area contributed by atoms with Crippen molar-refractivity contribution in [3.8, 4) is 16.9 Å². The average molecular weight is 397 g/mol. The van der Waals surface area contributed by atoms with E-state index in [9.17, 15) is 4.39 Å². The van der Waals surface area contributed by atoms with Crippen LogP contribution in [0.15, 0.2) is 42.5 Å². The number of ether oxygens (including phenoxy) is 1. The van der Waals surface area contributed by atoms with Crippen LogP contribution in [0.4, 0.5) is 4.39 Å². The van der Waals surface area contributed by atoms with Crippen LogP contribution in [0.25, 0.3) is 11.1 Å². The van der Waals surface area contributed by atoms with E-state index in [0.717, 1.165) is 24.0 Å². The maximum atomic E-state index is 14.5. The lowest BCUT2D eigenvalue weighted by Gasteiger charge is -2.22. The van der Waals surface area contributed by atoms with E-state index in [2.05, 4.69) is 31.2 Å². The second-order valence-electron chi connectivity index (χ2n) is 8.57. The van der Waals surface area contributed by atoms with Gasteiger partial charge < -0.3 is 4.74 Å². The summed E-state index contributed by atoms with van der Waals surface area (Å²) in [5.41, 5.74) is 3.42. The van der Waals surface area contributed by atoms with Gasteiger partial charge in [-0.25, -0.2) is 4.39 Å². The molecular formula is C27H37FO. The molecule has 158 valence electrons. The minimum Gasteiger partial charge on any atom is -0.491 e. The van der Waals surface area contributed by atoms with Crippen LogP contribution in [0.5, 0.6) is 5.75 Å². The molecule has 1 aliphatic rings. The largest absolute Gasteiger partial charge is 0.491 e. The van der Waals surface area contributed by atoms with Crippen molar-refractivity contribution in [2.24, 2.45) is 0 Å². The zero-order valence-electron chi connectivity index (χ0n) is 18.1. The van der Waals surface area contributed by atoms with Crippen molar-refractivity contribution in [1.82, 2.24) is 0 Å². The summed E-state index contributed by atoms with van der Waals surface area (Å²) in [4.78, 5) is 0. The summed E-state index contributed by atoms with van der Waals surface area (Å²) in [5.74, 6) is 0.817. The van der Waals surface area contributed by atoms with Gasteiger partial charge in [-0.3, -0.25) is 0 Å². The lowest BCUT2D eigenvalue weighted by molar-refractivity contribution is 0.290. The SMILES string of the molecule is CCCCCCCCCOc1ccc(-c2ccc(C3CCCCC3)cc2)cc1F. The number of rotatable bonds is 11. The molecule has 0 aromatic heterocycles. The molecule has 0 aliphatic heterocycles. The van der Waals surface area contributed by atoms with E-state index < -0.39 is 0 Å². The van der Waals surface area contributed by atoms with Gasteiger partial charge in [-0.05, 0) is 54.0 Å². The third kappa shape index (κ3) is 6.87. The van der Waals surface area contributed by atoms with Crippen LogP contribution in [-0.4, -0.2) is 6.61 Å². The zero-order chi connectivity index (χ0) is 20.3. The third-order valence-corrected chi connectivity index (χ3v) is 6.26. The number of halogens is 1. The summed E-state index contributed by atoms with van der Waals surface area (Å²) in [6, 6.07) is 14.1. The van der Waals surface area contributed by atoms with Crippen molar-refractivity contribution in [3.63, 3.8) is 0 Å². The van der Waals surface area contributed by atoms with Crippen LogP contribution in [0.1, 0.15) is 95.5 Å². The van der Waals surface area contributed by atoms with Crippen molar-refractivity contribution in [2.45, 2.75) is 89.9 Å². The summed E-state index contributed by atoms with van der Waals surface area (Å²) < 4.78 is 20.2. The van der Waals surface area contributed by atoms with Crippen molar-refractivity contribution in [2.75, 3.05) is 6.61 Å². The molecule has 0 atom stereocenters. The van der Waals surface area contributed by atoms with Crippen molar-refractivity contribution >= 4 is 0 Å². The number of hydrogen-bond acceptors (Lipinski definition) is 1. The predicted molar refractivity (Wildman–Crippen MR) is 121 cm³/mol. The van der Waals surface area contributed by atoms with Gasteiger partial charge in [0, 0.05) is 0 Å². The number of hydrogen-bond donors (Lipinski definition) is 0. The lowest BCUT2D eigenvalue weighted by atomic mass is 9.84. The van der Waals surface area contributed by atoms with E-state index in [-0.39, 0.29) is 5.82 Å². The first-order chi connectivity index (χ1) is 14.3. The Kier molecular flexibility index (Phi) is 9.05. The van der Waals surface area contributed by atoms with Crippen LogP contribution in [0.3, 0.4) is 0 Å². The van der Waals surface area contributed by atoms with E-state index in [1.807, 2.05) is 6.07 Å². The molecule has 1 aliphatic carbocycles. The van der Waals surface area contributed by atoms with Gasteiger partial charge in [0.25, 0.3) is 0 Å². The fourth-order valence-corrected chi connectivity index (χ4v) is 4.42. The molecule has 1 saturated carbocycles. The fourth-order valence-electron chi connectivity index (χ4n) is 4.42. The summed E-state index contributed by atoms with van der Waals surface area (Å²) in [6.45, 7) is 2.83. The number of benzene rings is 2. The molecule has 29 heavy (non-hydrogen) atoms. The first kappa shape index (κ1) is 21.9. The molecule has 0 N–H and O–H groups in total. The highest BCUT2D eigenvalue weighted by Gasteiger charge is 2.15. The van der Waals surface area contributed by atoms with Gasteiger partial charge in [0.2, 0.25) is 0 Å². The molecule has 0 heterocycles. The van der Waals surface area contributed by atoms with Crippen molar-refractivity contribution in [3.05, 3.63) is 53.8 Å². The molecule has 0 radical (unpaired) electrons. The zero-order valence-corrected chi connectivity index (χ0v) is 18.1. The van der Waals surface area contributed by atoms with Crippen molar-refractivity contribution < 1.29 is 9.13 Å². The van der Waals surface area contributed by atoms with E-state index >= 15 is 0 Å². The smallest absolute Gasteiger partial charge is 0.165 e. The summed E-state index contributed by atoms with van der Waals surface area (Å²) in [5, 5.41) is 0. The predicted octanol–water partition coefficient (Wildman–Crippen LogP) is 8.67. The van der Waals surface area contributed by atoms with E-state index in [4.69, 9.17) is 4.74 Å². The van der Waals surface area contributed by atoms with Gasteiger partial charge >= 0.3 is 0 Å². The van der Waals surface area contributed by atoms with Gasteiger partial charge in [0.15, 0.2) is 11.6 Å². The van der Waals surface area contributed by atoms with Gasteiger partial charge in [0.05, 0.1) is 6.61 Å². The molecule has 2 heteroatoms. The quantitative estimate of drug-likeness (QED) is 0.345. The molecule has 2 aromatic carbocycles. The Morgan fingerprint density at radius 2 is 1.45 bits per heavy atom. The molecule has 0 saturated heterocycles. The standard InChI is InChI=1S/C27H37FO/c1-2-3-4-5-6-7-11-20-29-27-19-18-25(21-26(27)28)24-16-14-23(15-17-24)22-12-9-8-10-13-22/h14-19,21-22H,2-13,20H2,1H3. The molecule has 3 rings (SSSR count). The molecule has 0 unspecified atom stereocenters. The molecule has 2 aromatic rings. The molecule has 0 bridgehead atoms. The van der Waals surface area contributed by atoms with Crippen LogP contribution < -0.4 is 4.74 Å². The summed E-state index contributed by atoms with van der Waals surface area (Å²) >= 11 is 0. The first-order valence-electron chi connectivity index (χ1n) is 11.8. The van der Waals surface area contributed by atoms with Gasteiger partial charge in [-0.2, -0.15) is 0 Å². The van der Waals surface area contributed by atoms with Crippen LogP contribution >= 0.6 is 0 Å². The van der Waals surface area contributed by atoms with E-state index in [1.165, 1.54) is 69.8 Å². The highest BCUT2D eigenvalue weighted by atomic mass is 19.1. The topological polar surface area (TPSA) is 9.23 Å². The molecule has 1 fully saturated rings. The minimum absolute atomic E-state index is 0.262. The Morgan fingerprint density at radius 1 is 0.793 bits per heavy atom. The van der Waals surface area contributed by atoms with Crippen LogP contribution in [0, 0.1) is 5.82 Å². The van der Waals surface area contributed by atoms with E-state index in [1.54, 1.807) is 12.1 Å². The second-order valence-corrected chi connectivity index (χ2v) is 8.57. The Morgan fingerprint density at radius 3 is 2.14 bits per heavy atom. The Bertz CT molecular complexity index is 716. The first-order valence-corrected chi connectivity index (χ1v) is 11.8. The van der Waals surface area contributed by atoms with Crippen LogP contribution in [0.2, 0.25) is 0 Å². The third-order valence-electron chi connectivity index (χ3n) is 6.26. The lowest BCUT2D eigenvalue weighted by Crippen LogP contribution is -2.04. The van der Waals surface area contributed by atoms with Gasteiger partial charge in [-0.15, -0.1) is 0 Å². The molecule has 0 amide bonds. The van der Waals surface area contributed by atoms with Gasteiger partial charge in [0.1, 0.15) is 0 Å². The minimum atomic E-state index is -0.262. The fraction of sp³-hybridized carbons (Fsp3) is 0.556. The maximum absolute atomic E-state index is 14.5. The Hall–Kier alpha value is -1.83. The van der Waals surface area contributed by atoms with Crippen molar-refractivity contribution in [1.29, 1.82) is 0 Å². The van der Waals surface area contributed by atoms with E-state index in [0.29, 0.717) is 18.3 Å². The Balaban J connectivity index is 1.47. The summed E-state index contributed by atoms with van der Waals surface area (Å²) in [6.07, 6.45) is 15.3. The highest BCUT2D eigenvalue weighted by molar-refractivity contribution is 5.64. The maximum Gasteiger partial charge on any atom is 0.165 e. The molecular weight excluding hydrogens is 359 g/mol. The average Bonchev–Trinajstić information content (AvgIpc) is 2.77. The normalized spacial score (nSPS) is 14.8. The number of unbranched alkanes of at least 4 members (excludes halogenated alkanes) is 6.